The van der Waals surface area contributed by atoms with Gasteiger partial charge in [-0.25, -0.2) is 13.1 Å². The van der Waals surface area contributed by atoms with Crippen LogP contribution in [0, 0.1) is 5.92 Å². The minimum Gasteiger partial charge on any atom is -0.311 e. The Labute approximate surface area is 149 Å². The fourth-order valence-electron chi connectivity index (χ4n) is 2.63. The van der Waals surface area contributed by atoms with E-state index in [0.29, 0.717) is 34.4 Å². The summed E-state index contributed by atoms with van der Waals surface area (Å²) in [4.78, 5) is 12.3. The Morgan fingerprint density at radius 2 is 2.00 bits per heavy atom. The van der Waals surface area contributed by atoms with Crippen LogP contribution in [0.5, 0.6) is 0 Å². The van der Waals surface area contributed by atoms with Crippen LogP contribution < -0.4 is 5.32 Å². The van der Waals surface area contributed by atoms with Gasteiger partial charge in [-0.1, -0.05) is 29.3 Å². The molecule has 1 unspecified atom stereocenters. The maximum absolute atomic E-state index is 12.3. The summed E-state index contributed by atoms with van der Waals surface area (Å²) in [6.07, 6.45) is 1.89. The van der Waals surface area contributed by atoms with Gasteiger partial charge >= 0.3 is 0 Å². The molecule has 0 spiro atoms. The molecule has 0 radical (unpaired) electrons. The maximum atomic E-state index is 12.3. The van der Waals surface area contributed by atoms with Crippen molar-refractivity contribution in [3.8, 4) is 0 Å². The monoisotopic (exact) mass is 387 g/mol. The highest BCUT2D eigenvalue weighted by Crippen LogP contribution is 2.26. The summed E-state index contributed by atoms with van der Waals surface area (Å²) in [5.74, 6) is -0.422. The van der Waals surface area contributed by atoms with Crippen molar-refractivity contribution < 1.29 is 13.2 Å². The summed E-state index contributed by atoms with van der Waals surface area (Å²) in [7, 11) is -3.11. The van der Waals surface area contributed by atoms with Gasteiger partial charge in [0.15, 0.2) is 9.84 Å². The second-order valence-electron chi connectivity index (χ2n) is 5.66. The highest BCUT2D eigenvalue weighted by atomic mass is 35.5. The molecule has 2 aromatic rings. The summed E-state index contributed by atoms with van der Waals surface area (Å²) >= 11 is 12.3. The average molecular weight is 388 g/mol. The van der Waals surface area contributed by atoms with Crippen molar-refractivity contribution in [1.82, 2.24) is 9.78 Å². The Balaban J connectivity index is 1.75. The Bertz CT molecular complexity index is 860. The van der Waals surface area contributed by atoms with Gasteiger partial charge < -0.3 is 5.32 Å². The lowest BCUT2D eigenvalue weighted by Crippen LogP contribution is -2.25. The van der Waals surface area contributed by atoms with Crippen LogP contribution in [0.3, 0.4) is 0 Å². The maximum Gasteiger partial charge on any atom is 0.229 e. The van der Waals surface area contributed by atoms with E-state index in [1.165, 1.54) is 0 Å². The van der Waals surface area contributed by atoms with Crippen molar-refractivity contribution in [2.24, 2.45) is 5.92 Å². The van der Waals surface area contributed by atoms with E-state index in [-0.39, 0.29) is 17.4 Å². The summed E-state index contributed by atoms with van der Waals surface area (Å²) in [6.45, 7) is 0.296. The van der Waals surface area contributed by atoms with Gasteiger partial charge in [0, 0.05) is 21.7 Å². The number of hydrogen-bond acceptors (Lipinski definition) is 4. The van der Waals surface area contributed by atoms with E-state index in [0.717, 1.165) is 0 Å². The Morgan fingerprint density at radius 3 is 2.62 bits per heavy atom. The molecule has 1 amide bonds. The molecule has 6 nitrogen and oxygen atoms in total. The molecular weight excluding hydrogens is 373 g/mol. The molecule has 1 atom stereocenters. The first-order valence-corrected chi connectivity index (χ1v) is 9.89. The summed E-state index contributed by atoms with van der Waals surface area (Å²) in [5, 5.41) is 7.93. The minimum absolute atomic E-state index is 0.0551. The molecule has 0 aliphatic carbocycles. The van der Waals surface area contributed by atoms with Crippen molar-refractivity contribution in [3.63, 3.8) is 0 Å². The molecule has 2 heterocycles. The molecule has 1 N–H and O–H groups in total. The van der Waals surface area contributed by atoms with Crippen molar-refractivity contribution in [1.29, 1.82) is 0 Å². The third-order valence-electron chi connectivity index (χ3n) is 3.94. The topological polar surface area (TPSA) is 81.1 Å². The number of carbonyl (C=O) groups excluding carboxylic acids is 1. The number of halogens is 2. The highest BCUT2D eigenvalue weighted by Gasteiger charge is 2.33. The summed E-state index contributed by atoms with van der Waals surface area (Å²) in [5.41, 5.74) is 0.698. The second kappa shape index (κ2) is 6.74. The Hall–Kier alpha value is -1.57. The van der Waals surface area contributed by atoms with E-state index in [9.17, 15) is 13.2 Å². The second-order valence-corrected chi connectivity index (χ2v) is 8.71. The van der Waals surface area contributed by atoms with Crippen LogP contribution in [-0.4, -0.2) is 35.6 Å². The summed E-state index contributed by atoms with van der Waals surface area (Å²) in [6, 6.07) is 6.86. The average Bonchev–Trinajstić information content (AvgIpc) is 3.09. The fourth-order valence-corrected chi connectivity index (χ4v) is 4.89. The van der Waals surface area contributed by atoms with Crippen LogP contribution >= 0.6 is 23.2 Å². The zero-order valence-electron chi connectivity index (χ0n) is 12.6. The molecule has 1 fully saturated rings. The molecule has 9 heteroatoms. The zero-order valence-corrected chi connectivity index (χ0v) is 14.9. The smallest absolute Gasteiger partial charge is 0.229 e. The van der Waals surface area contributed by atoms with E-state index in [1.807, 2.05) is 0 Å². The van der Waals surface area contributed by atoms with Gasteiger partial charge in [-0.2, -0.15) is 5.10 Å². The van der Waals surface area contributed by atoms with Crippen LogP contribution in [0.4, 0.5) is 5.82 Å². The fraction of sp³-hybridized carbons (Fsp3) is 0.333. The van der Waals surface area contributed by atoms with Crippen molar-refractivity contribution in [3.05, 3.63) is 46.1 Å². The van der Waals surface area contributed by atoms with Gasteiger partial charge in [-0.05, 0) is 18.6 Å². The third-order valence-corrected chi connectivity index (χ3v) is 6.42. The molecule has 0 saturated carbocycles. The normalized spacial score (nSPS) is 19.3. The van der Waals surface area contributed by atoms with Gasteiger partial charge in [-0.15, -0.1) is 0 Å². The number of nitrogens with zero attached hydrogens (tertiary/aromatic N) is 2. The van der Waals surface area contributed by atoms with E-state index < -0.39 is 15.8 Å². The van der Waals surface area contributed by atoms with Gasteiger partial charge in [0.25, 0.3) is 0 Å². The lowest BCUT2D eigenvalue weighted by atomic mass is 10.1. The molecule has 1 saturated heterocycles. The molecular formula is C15H15Cl2N3O3S. The molecule has 1 aliphatic heterocycles. The van der Waals surface area contributed by atoms with Crippen LogP contribution in [0.2, 0.25) is 10.0 Å². The number of hydrogen-bond donors (Lipinski definition) is 1. The van der Waals surface area contributed by atoms with E-state index in [4.69, 9.17) is 23.2 Å². The van der Waals surface area contributed by atoms with Gasteiger partial charge in [-0.3, -0.25) is 4.79 Å². The standard InChI is InChI=1S/C15H15Cl2N3O3S/c16-12-2-1-3-13(17)11(12)8-20-14(4-6-18-20)19-15(21)10-5-7-24(22,23)9-10/h1-4,6,10H,5,7-9H2,(H,19,21). The number of nitrogens with one attached hydrogen (secondary N) is 1. The molecule has 3 rings (SSSR count). The number of carbonyl (C=O) groups is 1. The number of rotatable bonds is 4. The molecule has 0 bridgehead atoms. The van der Waals surface area contributed by atoms with Crippen molar-refractivity contribution >= 4 is 44.8 Å². The number of benzene rings is 1. The van der Waals surface area contributed by atoms with Crippen LogP contribution in [0.1, 0.15) is 12.0 Å². The number of sulfone groups is 1. The largest absolute Gasteiger partial charge is 0.311 e. The van der Waals surface area contributed by atoms with E-state index >= 15 is 0 Å². The summed E-state index contributed by atoms with van der Waals surface area (Å²) < 4.78 is 24.6. The highest BCUT2D eigenvalue weighted by molar-refractivity contribution is 7.91. The van der Waals surface area contributed by atoms with E-state index in [2.05, 4.69) is 10.4 Å². The van der Waals surface area contributed by atoms with Gasteiger partial charge in [0.1, 0.15) is 5.82 Å². The van der Waals surface area contributed by atoms with Crippen LogP contribution in [-0.2, 0) is 21.2 Å². The third kappa shape index (κ3) is 3.74. The predicted octanol–water partition coefficient (Wildman–Crippen LogP) is 2.61. The van der Waals surface area contributed by atoms with Crippen molar-refractivity contribution in [2.45, 2.75) is 13.0 Å². The Morgan fingerprint density at radius 1 is 1.29 bits per heavy atom. The lowest BCUT2D eigenvalue weighted by Gasteiger charge is -2.13. The first-order valence-electron chi connectivity index (χ1n) is 7.32. The molecule has 1 aromatic carbocycles. The number of aromatic nitrogens is 2. The molecule has 24 heavy (non-hydrogen) atoms. The van der Waals surface area contributed by atoms with Crippen LogP contribution in [0.25, 0.3) is 0 Å². The lowest BCUT2D eigenvalue weighted by molar-refractivity contribution is -0.119. The number of anilines is 1. The predicted molar refractivity (Wildman–Crippen MR) is 93.2 cm³/mol. The SMILES string of the molecule is O=C(Nc1ccnn1Cc1c(Cl)cccc1Cl)C1CCS(=O)(=O)C1. The first-order chi connectivity index (χ1) is 11.4. The number of amides is 1. The Kier molecular flexibility index (Phi) is 4.85. The zero-order chi connectivity index (χ0) is 17.3. The van der Waals surface area contributed by atoms with Gasteiger partial charge in [0.05, 0.1) is 30.2 Å². The molecule has 1 aliphatic rings. The quantitative estimate of drug-likeness (QED) is 0.873. The van der Waals surface area contributed by atoms with Crippen LogP contribution in [0.15, 0.2) is 30.5 Å². The molecule has 1 aromatic heterocycles. The van der Waals surface area contributed by atoms with Crippen molar-refractivity contribution in [2.75, 3.05) is 16.8 Å². The van der Waals surface area contributed by atoms with E-state index in [1.54, 1.807) is 35.1 Å². The molecule has 128 valence electrons. The van der Waals surface area contributed by atoms with Gasteiger partial charge in [0.2, 0.25) is 5.91 Å². The first kappa shape index (κ1) is 17.3. The minimum atomic E-state index is -3.11.